The van der Waals surface area contributed by atoms with E-state index >= 15 is 0 Å². The Balaban J connectivity index is 1.78. The van der Waals surface area contributed by atoms with Crippen LogP contribution in [0.3, 0.4) is 0 Å². The maximum atomic E-state index is 12.2. The largest absolute Gasteiger partial charge is 0.481 e. The molecule has 0 aromatic heterocycles. The van der Waals surface area contributed by atoms with Gasteiger partial charge in [-0.2, -0.15) is 0 Å². The highest BCUT2D eigenvalue weighted by atomic mass is 16.5. The van der Waals surface area contributed by atoms with Crippen molar-refractivity contribution in [3.05, 3.63) is 42.0 Å². The first-order chi connectivity index (χ1) is 14.1. The zero-order chi connectivity index (χ0) is 20.6. The molecule has 1 heterocycles. The lowest BCUT2D eigenvalue weighted by Crippen LogP contribution is -2.33. The highest BCUT2D eigenvalue weighted by molar-refractivity contribution is 5.93. The molecule has 3 rings (SSSR count). The van der Waals surface area contributed by atoms with Crippen molar-refractivity contribution >= 4 is 22.7 Å². The van der Waals surface area contributed by atoms with Gasteiger partial charge in [0.05, 0.1) is 6.61 Å². The molecule has 1 aliphatic rings. The van der Waals surface area contributed by atoms with Crippen LogP contribution >= 0.6 is 0 Å². The fourth-order valence-corrected chi connectivity index (χ4v) is 4.08. The van der Waals surface area contributed by atoms with Gasteiger partial charge in [0.2, 0.25) is 0 Å². The standard InChI is InChI=1S/C23H29NO5/c1-28-15-14-24-13-5-9-19(24)16-18-8-2-6-17-7-3-10-20(23(17)18)29-22(27)12-4-11-21(25)26/h2-3,6-8,10,19H,4-5,9,11-16H2,1H3,(H,25,26). The second-order valence-corrected chi connectivity index (χ2v) is 7.52. The van der Waals surface area contributed by atoms with Crippen molar-refractivity contribution in [3.63, 3.8) is 0 Å². The Morgan fingerprint density at radius 1 is 1.17 bits per heavy atom. The molecule has 2 aromatic rings. The van der Waals surface area contributed by atoms with Gasteiger partial charge in [-0.15, -0.1) is 0 Å². The zero-order valence-corrected chi connectivity index (χ0v) is 16.9. The minimum Gasteiger partial charge on any atom is -0.481 e. The molecular formula is C23H29NO5. The molecule has 6 heteroatoms. The van der Waals surface area contributed by atoms with Crippen LogP contribution in [0.25, 0.3) is 10.8 Å². The number of ether oxygens (including phenoxy) is 2. The highest BCUT2D eigenvalue weighted by Gasteiger charge is 2.25. The molecular weight excluding hydrogens is 370 g/mol. The van der Waals surface area contributed by atoms with Gasteiger partial charge in [-0.05, 0) is 49.2 Å². The maximum Gasteiger partial charge on any atom is 0.311 e. The Labute approximate surface area is 171 Å². The lowest BCUT2D eigenvalue weighted by atomic mass is 9.97. The van der Waals surface area contributed by atoms with Crippen molar-refractivity contribution in [2.45, 2.75) is 44.6 Å². The lowest BCUT2D eigenvalue weighted by molar-refractivity contribution is -0.137. The SMILES string of the molecule is COCCN1CCCC1Cc1cccc2cccc(OC(=O)CCCC(=O)O)c12. The number of aliphatic carboxylic acids is 1. The van der Waals surface area contributed by atoms with Crippen LogP contribution in [-0.2, 0) is 20.7 Å². The predicted molar refractivity (Wildman–Crippen MR) is 111 cm³/mol. The summed E-state index contributed by atoms with van der Waals surface area (Å²) < 4.78 is 10.9. The molecule has 1 saturated heterocycles. The number of hydrogen-bond acceptors (Lipinski definition) is 5. The molecule has 1 fully saturated rings. The van der Waals surface area contributed by atoms with Crippen LogP contribution in [0.5, 0.6) is 5.75 Å². The maximum absolute atomic E-state index is 12.2. The number of rotatable bonds is 10. The second-order valence-electron chi connectivity index (χ2n) is 7.52. The summed E-state index contributed by atoms with van der Waals surface area (Å²) >= 11 is 0. The lowest BCUT2D eigenvalue weighted by Gasteiger charge is -2.25. The van der Waals surface area contributed by atoms with Crippen molar-refractivity contribution in [2.24, 2.45) is 0 Å². The Morgan fingerprint density at radius 3 is 2.72 bits per heavy atom. The van der Waals surface area contributed by atoms with Gasteiger partial charge < -0.3 is 14.6 Å². The molecule has 0 saturated carbocycles. The first kappa shape index (κ1) is 21.3. The summed E-state index contributed by atoms with van der Waals surface area (Å²) in [4.78, 5) is 25.4. The molecule has 0 radical (unpaired) electrons. The van der Waals surface area contributed by atoms with E-state index in [4.69, 9.17) is 14.6 Å². The number of carboxylic acids is 1. The van der Waals surface area contributed by atoms with E-state index in [1.54, 1.807) is 7.11 Å². The average Bonchev–Trinajstić information content (AvgIpc) is 3.13. The van der Waals surface area contributed by atoms with Gasteiger partial charge in [0.15, 0.2) is 0 Å². The van der Waals surface area contributed by atoms with Crippen molar-refractivity contribution in [1.82, 2.24) is 4.90 Å². The molecule has 1 N–H and O–H groups in total. The van der Waals surface area contributed by atoms with Gasteiger partial charge in [0.25, 0.3) is 0 Å². The minimum atomic E-state index is -0.903. The van der Waals surface area contributed by atoms with Crippen LogP contribution in [0.15, 0.2) is 36.4 Å². The molecule has 2 aromatic carbocycles. The van der Waals surface area contributed by atoms with E-state index in [0.29, 0.717) is 11.8 Å². The third-order valence-electron chi connectivity index (χ3n) is 5.49. The number of likely N-dealkylation sites (tertiary alicyclic amines) is 1. The topological polar surface area (TPSA) is 76.1 Å². The van der Waals surface area contributed by atoms with E-state index in [0.717, 1.165) is 43.3 Å². The van der Waals surface area contributed by atoms with Crippen LogP contribution < -0.4 is 4.74 Å². The number of esters is 1. The molecule has 1 atom stereocenters. The number of carbonyl (C=O) groups excluding carboxylic acids is 1. The second kappa shape index (κ2) is 10.4. The summed E-state index contributed by atoms with van der Waals surface area (Å²) in [6, 6.07) is 12.4. The van der Waals surface area contributed by atoms with E-state index in [2.05, 4.69) is 11.0 Å². The van der Waals surface area contributed by atoms with Gasteiger partial charge in [-0.25, -0.2) is 0 Å². The number of carbonyl (C=O) groups is 2. The van der Waals surface area contributed by atoms with Gasteiger partial charge in [-0.3, -0.25) is 14.5 Å². The average molecular weight is 399 g/mol. The molecule has 0 aliphatic carbocycles. The van der Waals surface area contributed by atoms with E-state index < -0.39 is 11.9 Å². The van der Waals surface area contributed by atoms with Crippen molar-refractivity contribution < 1.29 is 24.2 Å². The number of nitrogens with zero attached hydrogens (tertiary/aromatic N) is 1. The van der Waals surface area contributed by atoms with Crippen molar-refractivity contribution in [1.29, 1.82) is 0 Å². The molecule has 1 aliphatic heterocycles. The highest BCUT2D eigenvalue weighted by Crippen LogP contribution is 2.32. The van der Waals surface area contributed by atoms with Crippen molar-refractivity contribution in [2.75, 3.05) is 26.8 Å². The zero-order valence-electron chi connectivity index (χ0n) is 16.9. The van der Waals surface area contributed by atoms with E-state index in [-0.39, 0.29) is 19.3 Å². The third-order valence-corrected chi connectivity index (χ3v) is 5.49. The van der Waals surface area contributed by atoms with Gasteiger partial charge in [-0.1, -0.05) is 30.3 Å². The molecule has 0 spiro atoms. The summed E-state index contributed by atoms with van der Waals surface area (Å²) in [5.41, 5.74) is 1.17. The number of hydrogen-bond donors (Lipinski definition) is 1. The Morgan fingerprint density at radius 2 is 1.97 bits per heavy atom. The Bertz CT molecular complexity index is 845. The fraction of sp³-hybridized carbons (Fsp3) is 0.478. The number of fused-ring (bicyclic) bond motifs is 1. The smallest absolute Gasteiger partial charge is 0.311 e. The summed E-state index contributed by atoms with van der Waals surface area (Å²) in [5, 5.41) is 10.8. The van der Waals surface area contributed by atoms with Gasteiger partial charge in [0, 0.05) is 37.9 Å². The Hall–Kier alpha value is -2.44. The summed E-state index contributed by atoms with van der Waals surface area (Å²) in [6.45, 7) is 2.74. The first-order valence-corrected chi connectivity index (χ1v) is 10.2. The quantitative estimate of drug-likeness (QED) is 0.485. The summed E-state index contributed by atoms with van der Waals surface area (Å²) in [5.74, 6) is -0.740. The van der Waals surface area contributed by atoms with Crippen LogP contribution in [0.4, 0.5) is 0 Å². The van der Waals surface area contributed by atoms with Crippen LogP contribution in [0, 0.1) is 0 Å². The van der Waals surface area contributed by atoms with Gasteiger partial charge in [0.1, 0.15) is 5.75 Å². The molecule has 29 heavy (non-hydrogen) atoms. The number of benzene rings is 2. The van der Waals surface area contributed by atoms with E-state index in [9.17, 15) is 9.59 Å². The molecule has 0 amide bonds. The first-order valence-electron chi connectivity index (χ1n) is 10.2. The van der Waals surface area contributed by atoms with E-state index in [1.165, 1.54) is 12.0 Å². The van der Waals surface area contributed by atoms with Crippen molar-refractivity contribution in [3.8, 4) is 5.75 Å². The fourth-order valence-electron chi connectivity index (χ4n) is 4.08. The summed E-state index contributed by atoms with van der Waals surface area (Å²) in [7, 11) is 1.73. The predicted octanol–water partition coefficient (Wildman–Crippen LogP) is 3.65. The molecule has 156 valence electrons. The molecule has 1 unspecified atom stereocenters. The molecule has 6 nitrogen and oxygen atoms in total. The Kier molecular flexibility index (Phi) is 7.61. The van der Waals surface area contributed by atoms with Crippen LogP contribution in [0.1, 0.15) is 37.7 Å². The minimum absolute atomic E-state index is 0.0329. The number of methoxy groups -OCH3 is 1. The summed E-state index contributed by atoms with van der Waals surface area (Å²) in [6.07, 6.45) is 3.58. The normalized spacial score (nSPS) is 16.9. The van der Waals surface area contributed by atoms with Crippen LogP contribution in [-0.4, -0.2) is 54.8 Å². The van der Waals surface area contributed by atoms with Crippen LogP contribution in [0.2, 0.25) is 0 Å². The van der Waals surface area contributed by atoms with E-state index in [1.807, 2.05) is 30.3 Å². The van der Waals surface area contributed by atoms with Gasteiger partial charge >= 0.3 is 11.9 Å². The molecule has 0 bridgehead atoms. The monoisotopic (exact) mass is 399 g/mol. The number of carboxylic acid groups (broad SMARTS) is 1. The third kappa shape index (κ3) is 5.78.